The van der Waals surface area contributed by atoms with Gasteiger partial charge >= 0.3 is 0 Å². The minimum Gasteiger partial charge on any atom is -0.390 e. The lowest BCUT2D eigenvalue weighted by molar-refractivity contribution is -0.123. The van der Waals surface area contributed by atoms with E-state index in [0.717, 1.165) is 17.5 Å². The quantitative estimate of drug-likeness (QED) is 0.285. The first-order valence-electron chi connectivity index (χ1n) is 14.4. The molecule has 0 unspecified atom stereocenters. The zero-order valence-electron chi connectivity index (χ0n) is 24.1. The van der Waals surface area contributed by atoms with Crippen molar-refractivity contribution in [3.63, 3.8) is 0 Å². The highest BCUT2D eigenvalue weighted by molar-refractivity contribution is 7.89. The van der Waals surface area contributed by atoms with E-state index in [9.17, 15) is 18.3 Å². The first-order chi connectivity index (χ1) is 18.8. The molecule has 1 heterocycles. The number of aromatic amines is 1. The van der Waals surface area contributed by atoms with Crippen LogP contribution in [0.15, 0.2) is 59.6 Å². The Balaban J connectivity index is 1.31. The molecule has 1 amide bonds. The van der Waals surface area contributed by atoms with Crippen molar-refractivity contribution in [3.8, 4) is 0 Å². The third-order valence-electron chi connectivity index (χ3n) is 9.67. The molecule has 2 aliphatic rings. The van der Waals surface area contributed by atoms with E-state index >= 15 is 0 Å². The van der Waals surface area contributed by atoms with Crippen LogP contribution in [0.25, 0.3) is 10.9 Å². The van der Waals surface area contributed by atoms with E-state index in [1.807, 2.05) is 50.4 Å². The van der Waals surface area contributed by atoms with Gasteiger partial charge in [-0.25, -0.2) is 13.1 Å². The van der Waals surface area contributed by atoms with E-state index in [1.54, 1.807) is 12.1 Å². The zero-order valence-corrected chi connectivity index (χ0v) is 24.9. The molecule has 2 fully saturated rings. The van der Waals surface area contributed by atoms with Gasteiger partial charge in [-0.2, -0.15) is 0 Å². The molecule has 0 radical (unpaired) electrons. The molecular formula is C32H43N3O4S. The Labute approximate surface area is 238 Å². The van der Waals surface area contributed by atoms with Crippen LogP contribution in [-0.4, -0.2) is 42.6 Å². The van der Waals surface area contributed by atoms with Crippen LogP contribution >= 0.6 is 0 Å². The van der Waals surface area contributed by atoms with Crippen molar-refractivity contribution >= 4 is 26.8 Å². The van der Waals surface area contributed by atoms with Crippen LogP contribution in [0.1, 0.15) is 70.4 Å². The van der Waals surface area contributed by atoms with Crippen molar-refractivity contribution in [2.24, 2.45) is 16.7 Å². The van der Waals surface area contributed by atoms with Crippen LogP contribution in [0.4, 0.5) is 0 Å². The van der Waals surface area contributed by atoms with Crippen LogP contribution in [0, 0.1) is 23.7 Å². The Bertz CT molecular complexity index is 1480. The summed E-state index contributed by atoms with van der Waals surface area (Å²) in [5, 5.41) is 15.3. The molecule has 216 valence electrons. The maximum atomic E-state index is 13.5. The monoisotopic (exact) mass is 565 g/mol. The number of carbonyl (C=O) groups excluding carboxylic acids is 1. The Morgan fingerprint density at radius 3 is 2.52 bits per heavy atom. The topological polar surface area (TPSA) is 111 Å². The number of amides is 1. The summed E-state index contributed by atoms with van der Waals surface area (Å²) in [6.45, 7) is 8.71. The molecule has 2 aliphatic carbocycles. The van der Waals surface area contributed by atoms with Gasteiger partial charge in [0.2, 0.25) is 15.9 Å². The van der Waals surface area contributed by atoms with E-state index in [1.165, 1.54) is 10.9 Å². The van der Waals surface area contributed by atoms with Gasteiger partial charge < -0.3 is 15.4 Å². The summed E-state index contributed by atoms with van der Waals surface area (Å²) in [6.07, 6.45) is 6.18. The Morgan fingerprint density at radius 1 is 1.05 bits per heavy atom. The van der Waals surface area contributed by atoms with Gasteiger partial charge in [0, 0.05) is 36.1 Å². The third-order valence-corrected chi connectivity index (χ3v) is 11.2. The summed E-state index contributed by atoms with van der Waals surface area (Å²) in [5.74, 6) is 0.0728. The van der Waals surface area contributed by atoms with Gasteiger partial charge in [-0.1, -0.05) is 49.7 Å². The Hall–Kier alpha value is -2.68. The van der Waals surface area contributed by atoms with Crippen LogP contribution < -0.4 is 10.0 Å². The predicted octanol–water partition coefficient (Wildman–Crippen LogP) is 5.23. The number of aromatic nitrogens is 1. The van der Waals surface area contributed by atoms with Crippen LogP contribution in [0.5, 0.6) is 0 Å². The zero-order chi connectivity index (χ0) is 28.8. The predicted molar refractivity (Wildman–Crippen MR) is 158 cm³/mol. The van der Waals surface area contributed by atoms with Crippen LogP contribution in [0.2, 0.25) is 0 Å². The number of para-hydroxylation sites is 1. The van der Waals surface area contributed by atoms with E-state index in [4.69, 9.17) is 0 Å². The summed E-state index contributed by atoms with van der Waals surface area (Å²) < 4.78 is 30.1. The van der Waals surface area contributed by atoms with Crippen molar-refractivity contribution < 1.29 is 18.3 Å². The van der Waals surface area contributed by atoms with Gasteiger partial charge in [-0.05, 0) is 92.9 Å². The summed E-state index contributed by atoms with van der Waals surface area (Å²) >= 11 is 0. The Kier molecular flexibility index (Phi) is 7.66. The summed E-state index contributed by atoms with van der Waals surface area (Å²) in [4.78, 5) is 16.6. The van der Waals surface area contributed by atoms with E-state index < -0.39 is 21.0 Å². The largest absolute Gasteiger partial charge is 0.390 e. The van der Waals surface area contributed by atoms with Crippen molar-refractivity contribution in [3.05, 3.63) is 65.9 Å². The lowest BCUT2D eigenvalue weighted by Crippen LogP contribution is -2.52. The van der Waals surface area contributed by atoms with Crippen molar-refractivity contribution in [1.82, 2.24) is 15.0 Å². The molecule has 0 spiro atoms. The van der Waals surface area contributed by atoms with E-state index in [0.29, 0.717) is 45.1 Å². The highest BCUT2D eigenvalue weighted by atomic mass is 32.2. The van der Waals surface area contributed by atoms with Gasteiger partial charge in [0.25, 0.3) is 0 Å². The van der Waals surface area contributed by atoms with Gasteiger partial charge in [0.1, 0.15) is 0 Å². The molecule has 0 bridgehead atoms. The number of hydrogen-bond acceptors (Lipinski definition) is 4. The lowest BCUT2D eigenvalue weighted by atomic mass is 9.57. The molecule has 5 rings (SSSR count). The molecular weight excluding hydrogens is 522 g/mol. The SMILES string of the molecule is Cc1ccc(S(=O)(=O)N[C@H]2CC(C)(C)[C@@H]3C[C@@](C)(O)CC[C@]23CCC(=O)NCCc2c[nH]c3ccccc23)cc1. The van der Waals surface area contributed by atoms with Crippen molar-refractivity contribution in [2.75, 3.05) is 6.54 Å². The number of carbonyl (C=O) groups is 1. The van der Waals surface area contributed by atoms with Gasteiger partial charge in [-0.15, -0.1) is 0 Å². The number of nitrogens with one attached hydrogen (secondary N) is 3. The van der Waals surface area contributed by atoms with E-state index in [-0.39, 0.29) is 28.2 Å². The molecule has 1 aromatic heterocycles. The molecule has 40 heavy (non-hydrogen) atoms. The molecule has 7 nitrogen and oxygen atoms in total. The highest BCUT2D eigenvalue weighted by Gasteiger charge is 2.62. The second-order valence-electron chi connectivity index (χ2n) is 13.1. The number of aryl methyl sites for hydroxylation is 1. The second kappa shape index (κ2) is 10.6. The number of rotatable bonds is 9. The normalized spacial score (nSPS) is 27.9. The first-order valence-corrected chi connectivity index (χ1v) is 15.9. The standard InChI is InChI=1S/C32H43N3O4S/c1-22-9-11-24(12-10-22)40(38,39)35-28-20-30(2,3)27-19-31(4,37)16-17-32(27,28)15-13-29(36)33-18-14-23-21-34-26-8-6-5-7-25(23)26/h5-12,21,27-28,34-35,37H,13-20H2,1-4H3,(H,33,36)/t27-,28-,31-,32-/m0/s1. The average molecular weight is 566 g/mol. The Morgan fingerprint density at radius 2 is 1.77 bits per heavy atom. The summed E-state index contributed by atoms with van der Waals surface area (Å²) in [5.41, 5.74) is 1.88. The molecule has 4 atom stereocenters. The van der Waals surface area contributed by atoms with Crippen molar-refractivity contribution in [1.29, 1.82) is 0 Å². The fourth-order valence-electron chi connectivity index (χ4n) is 7.48. The first kappa shape index (κ1) is 28.8. The number of H-pyrrole nitrogens is 1. The third kappa shape index (κ3) is 5.71. The van der Waals surface area contributed by atoms with Gasteiger partial charge in [0.15, 0.2) is 0 Å². The fourth-order valence-corrected chi connectivity index (χ4v) is 8.80. The molecule has 0 saturated heterocycles. The van der Waals surface area contributed by atoms with Crippen LogP contribution in [0.3, 0.4) is 0 Å². The minimum atomic E-state index is -3.74. The smallest absolute Gasteiger partial charge is 0.240 e. The highest BCUT2D eigenvalue weighted by Crippen LogP contribution is 2.64. The fraction of sp³-hybridized carbons (Fsp3) is 0.531. The van der Waals surface area contributed by atoms with Crippen molar-refractivity contribution in [2.45, 2.75) is 89.2 Å². The maximum absolute atomic E-state index is 13.5. The lowest BCUT2D eigenvalue weighted by Gasteiger charge is -2.50. The molecule has 2 aromatic carbocycles. The van der Waals surface area contributed by atoms with Gasteiger partial charge in [0.05, 0.1) is 10.5 Å². The molecule has 2 saturated carbocycles. The minimum absolute atomic E-state index is 0.0184. The number of hydrogen-bond donors (Lipinski definition) is 4. The number of aliphatic hydroxyl groups is 1. The molecule has 3 aromatic rings. The number of benzene rings is 2. The van der Waals surface area contributed by atoms with E-state index in [2.05, 4.69) is 34.9 Å². The summed E-state index contributed by atoms with van der Waals surface area (Å²) in [7, 11) is -3.74. The molecule has 4 N–H and O–H groups in total. The molecule has 0 aliphatic heterocycles. The second-order valence-corrected chi connectivity index (χ2v) is 14.8. The average Bonchev–Trinajstić information content (AvgIpc) is 3.39. The number of sulfonamides is 1. The summed E-state index contributed by atoms with van der Waals surface area (Å²) in [6, 6.07) is 14.7. The van der Waals surface area contributed by atoms with Gasteiger partial charge in [-0.3, -0.25) is 4.79 Å². The molecule has 8 heteroatoms. The maximum Gasteiger partial charge on any atom is 0.240 e. The van der Waals surface area contributed by atoms with Crippen LogP contribution in [-0.2, 0) is 21.2 Å². The number of fused-ring (bicyclic) bond motifs is 2.